The first kappa shape index (κ1) is 17.4. The van der Waals surface area contributed by atoms with Crippen LogP contribution in [0, 0.1) is 11.6 Å². The van der Waals surface area contributed by atoms with Crippen LogP contribution in [0.4, 0.5) is 25.8 Å². The Labute approximate surface area is 153 Å². The van der Waals surface area contributed by atoms with Crippen LogP contribution in [0.1, 0.15) is 6.42 Å². The van der Waals surface area contributed by atoms with Gasteiger partial charge in [0.1, 0.15) is 5.82 Å². The first-order valence-corrected chi connectivity index (χ1v) is 9.57. The maximum atomic E-state index is 14.3. The van der Waals surface area contributed by atoms with E-state index < -0.39 is 22.8 Å². The number of hydrogen-bond donors (Lipinski definition) is 1. The molecule has 0 radical (unpaired) electrons. The van der Waals surface area contributed by atoms with Crippen LogP contribution in [0.3, 0.4) is 0 Å². The highest BCUT2D eigenvalue weighted by atomic mass is 32.2. The fraction of sp³-hybridized carbons (Fsp3) is 0.333. The summed E-state index contributed by atoms with van der Waals surface area (Å²) in [7, 11) is 0. The fourth-order valence-corrected chi connectivity index (χ4v) is 4.66. The quantitative estimate of drug-likeness (QED) is 0.889. The van der Waals surface area contributed by atoms with Gasteiger partial charge in [0, 0.05) is 25.7 Å². The van der Waals surface area contributed by atoms with Gasteiger partial charge in [-0.3, -0.25) is 4.31 Å². The van der Waals surface area contributed by atoms with Gasteiger partial charge in [-0.15, -0.1) is 0 Å². The Kier molecular flexibility index (Phi) is 4.88. The highest BCUT2D eigenvalue weighted by molar-refractivity contribution is 7.88. The molecule has 1 N–H and O–H groups in total. The molecule has 0 spiro atoms. The zero-order chi connectivity index (χ0) is 18.1. The van der Waals surface area contributed by atoms with Crippen molar-refractivity contribution in [2.75, 3.05) is 34.9 Å². The van der Waals surface area contributed by atoms with E-state index in [0.717, 1.165) is 24.8 Å². The lowest BCUT2D eigenvalue weighted by atomic mass is 10.2. The molecule has 2 atom stereocenters. The van der Waals surface area contributed by atoms with Gasteiger partial charge in [0.15, 0.2) is 5.82 Å². The van der Waals surface area contributed by atoms with Gasteiger partial charge in [0.2, 0.25) is 11.2 Å². The summed E-state index contributed by atoms with van der Waals surface area (Å²) in [6.45, 7) is 2.78. The van der Waals surface area contributed by atoms with Crippen LogP contribution in [-0.4, -0.2) is 36.6 Å². The van der Waals surface area contributed by atoms with Crippen LogP contribution >= 0.6 is 0 Å². The van der Waals surface area contributed by atoms with Crippen molar-refractivity contribution in [3.8, 4) is 0 Å². The van der Waals surface area contributed by atoms with Crippen LogP contribution in [0.2, 0.25) is 0 Å². The van der Waals surface area contributed by atoms with E-state index >= 15 is 0 Å². The SMILES string of the molecule is O=S1N(CCC2CNCCO2)c2ccccc2N1c1ccc(F)cc1F. The Balaban J connectivity index is 1.62. The smallest absolute Gasteiger partial charge is 0.230 e. The van der Waals surface area contributed by atoms with Crippen molar-refractivity contribution in [3.63, 3.8) is 0 Å². The number of hydrogen-bond acceptors (Lipinski definition) is 3. The lowest BCUT2D eigenvalue weighted by Gasteiger charge is -2.26. The third kappa shape index (κ3) is 3.20. The molecule has 2 aliphatic rings. The molecule has 1 saturated heterocycles. The van der Waals surface area contributed by atoms with E-state index in [-0.39, 0.29) is 11.8 Å². The molecular weight excluding hydrogens is 360 g/mol. The van der Waals surface area contributed by atoms with E-state index in [4.69, 9.17) is 4.74 Å². The van der Waals surface area contributed by atoms with Crippen LogP contribution in [0.5, 0.6) is 0 Å². The molecule has 4 rings (SSSR count). The summed E-state index contributed by atoms with van der Waals surface area (Å²) in [6, 6.07) is 10.6. The minimum absolute atomic E-state index is 0.0597. The Morgan fingerprint density at radius 2 is 1.96 bits per heavy atom. The number of para-hydroxylation sites is 2. The molecule has 2 aromatic carbocycles. The van der Waals surface area contributed by atoms with Gasteiger partial charge >= 0.3 is 0 Å². The third-order valence-electron chi connectivity index (χ3n) is 4.50. The molecule has 5 nitrogen and oxygen atoms in total. The Morgan fingerprint density at radius 1 is 1.15 bits per heavy atom. The first-order chi connectivity index (χ1) is 12.6. The predicted octanol–water partition coefficient (Wildman–Crippen LogP) is 2.88. The van der Waals surface area contributed by atoms with Gasteiger partial charge in [-0.2, -0.15) is 0 Å². The number of ether oxygens (including phenoxy) is 1. The number of rotatable bonds is 4. The highest BCUT2D eigenvalue weighted by Gasteiger charge is 2.36. The van der Waals surface area contributed by atoms with E-state index in [0.29, 0.717) is 25.3 Å². The molecular formula is C18H19F2N3O2S. The maximum Gasteiger partial charge on any atom is 0.230 e. The second kappa shape index (κ2) is 7.30. The zero-order valence-corrected chi connectivity index (χ0v) is 14.8. The predicted molar refractivity (Wildman–Crippen MR) is 97.7 cm³/mol. The van der Waals surface area contributed by atoms with E-state index in [9.17, 15) is 13.0 Å². The number of morpholine rings is 1. The average Bonchev–Trinajstić information content (AvgIpc) is 2.93. The molecule has 1 fully saturated rings. The molecule has 0 amide bonds. The van der Waals surface area contributed by atoms with Gasteiger partial charge in [-0.1, -0.05) is 12.1 Å². The van der Waals surface area contributed by atoms with Crippen molar-refractivity contribution in [1.29, 1.82) is 0 Å². The monoisotopic (exact) mass is 379 g/mol. The van der Waals surface area contributed by atoms with Crippen LogP contribution < -0.4 is 13.9 Å². The summed E-state index contributed by atoms with van der Waals surface area (Å²) in [4.78, 5) is 0. The summed E-state index contributed by atoms with van der Waals surface area (Å²) < 4.78 is 49.5. The number of nitrogens with zero attached hydrogens (tertiary/aromatic N) is 2. The van der Waals surface area contributed by atoms with Gasteiger partial charge in [-0.25, -0.2) is 17.3 Å². The van der Waals surface area contributed by atoms with Gasteiger partial charge < -0.3 is 10.1 Å². The number of fused-ring (bicyclic) bond motifs is 1. The molecule has 0 aliphatic carbocycles. The maximum absolute atomic E-state index is 14.3. The number of halogens is 2. The highest BCUT2D eigenvalue weighted by Crippen LogP contribution is 2.44. The summed E-state index contributed by atoms with van der Waals surface area (Å²) >= 11 is -1.64. The molecule has 138 valence electrons. The van der Waals surface area contributed by atoms with Crippen LogP contribution in [-0.2, 0) is 15.9 Å². The van der Waals surface area contributed by atoms with Crippen molar-refractivity contribution in [2.45, 2.75) is 12.5 Å². The Hall–Kier alpha value is -2.03. The molecule has 2 heterocycles. The van der Waals surface area contributed by atoms with Crippen molar-refractivity contribution in [2.24, 2.45) is 0 Å². The van der Waals surface area contributed by atoms with E-state index in [1.54, 1.807) is 10.4 Å². The van der Waals surface area contributed by atoms with Crippen LogP contribution in [0.25, 0.3) is 0 Å². The lowest BCUT2D eigenvalue weighted by molar-refractivity contribution is 0.0254. The Bertz CT molecular complexity index is 830. The number of anilines is 3. The van der Waals surface area contributed by atoms with Crippen LogP contribution in [0.15, 0.2) is 42.5 Å². The van der Waals surface area contributed by atoms with E-state index in [1.165, 1.54) is 16.4 Å². The number of nitrogens with one attached hydrogen (secondary N) is 1. The van der Waals surface area contributed by atoms with Gasteiger partial charge in [-0.05, 0) is 30.7 Å². The first-order valence-electron chi connectivity index (χ1n) is 8.51. The fourth-order valence-electron chi connectivity index (χ4n) is 3.24. The van der Waals surface area contributed by atoms with Crippen molar-refractivity contribution in [1.82, 2.24) is 5.32 Å². The largest absolute Gasteiger partial charge is 0.376 e. The van der Waals surface area contributed by atoms with Crippen molar-refractivity contribution in [3.05, 3.63) is 54.1 Å². The summed E-state index contributed by atoms with van der Waals surface area (Å²) in [5.74, 6) is -1.40. The minimum Gasteiger partial charge on any atom is -0.376 e. The van der Waals surface area contributed by atoms with Gasteiger partial charge in [0.25, 0.3) is 0 Å². The molecule has 8 heteroatoms. The lowest BCUT2D eigenvalue weighted by Crippen LogP contribution is -2.41. The third-order valence-corrected chi connectivity index (χ3v) is 5.96. The number of benzene rings is 2. The van der Waals surface area contributed by atoms with Crippen molar-refractivity contribution < 1.29 is 17.7 Å². The zero-order valence-electron chi connectivity index (χ0n) is 14.0. The summed E-state index contributed by atoms with van der Waals surface area (Å²) in [6.07, 6.45) is 0.761. The van der Waals surface area contributed by atoms with Gasteiger partial charge in [0.05, 0.1) is 29.8 Å². The molecule has 0 aromatic heterocycles. The summed E-state index contributed by atoms with van der Waals surface area (Å²) in [5, 5.41) is 3.27. The van der Waals surface area contributed by atoms with E-state index in [2.05, 4.69) is 5.32 Å². The second-order valence-corrected chi connectivity index (χ2v) is 7.46. The van der Waals surface area contributed by atoms with E-state index in [1.807, 2.05) is 18.2 Å². The minimum atomic E-state index is -1.64. The molecule has 26 heavy (non-hydrogen) atoms. The second-order valence-electron chi connectivity index (χ2n) is 6.20. The normalized spacial score (nSPS) is 22.5. The molecule has 2 unspecified atom stereocenters. The molecule has 0 bridgehead atoms. The molecule has 2 aliphatic heterocycles. The Morgan fingerprint density at radius 3 is 2.69 bits per heavy atom. The topological polar surface area (TPSA) is 44.8 Å². The molecule has 0 saturated carbocycles. The van der Waals surface area contributed by atoms with Crippen molar-refractivity contribution >= 4 is 28.2 Å². The molecule has 2 aromatic rings. The summed E-state index contributed by atoms with van der Waals surface area (Å²) in [5.41, 5.74) is 1.49. The average molecular weight is 379 g/mol. The standard InChI is InChI=1S/C18H19F2N3O2S/c19-13-5-6-16(15(20)11-13)23-18-4-2-1-3-17(18)22(26(23)24)9-7-14-12-21-8-10-25-14/h1-6,11,14,21H,7-10,12H2.